The quantitative estimate of drug-likeness (QED) is 0.614. The van der Waals surface area contributed by atoms with Gasteiger partial charge in [0.05, 0.1) is 10.0 Å². The van der Waals surface area contributed by atoms with Crippen LogP contribution in [0.5, 0.6) is 0 Å². The normalized spacial score (nSPS) is 23.6. The molecular formula is C23H33Cl2N3O3. The largest absolute Gasteiger partial charge is 0.465 e. The monoisotopic (exact) mass is 469 g/mol. The van der Waals surface area contributed by atoms with E-state index in [1.165, 1.54) is 0 Å². The Morgan fingerprint density at radius 3 is 2.35 bits per heavy atom. The van der Waals surface area contributed by atoms with Gasteiger partial charge in [-0.3, -0.25) is 4.79 Å². The summed E-state index contributed by atoms with van der Waals surface area (Å²) in [7, 11) is 0. The third-order valence-corrected chi connectivity index (χ3v) is 7.27. The molecule has 2 atom stereocenters. The molecule has 2 fully saturated rings. The first-order valence-corrected chi connectivity index (χ1v) is 11.8. The van der Waals surface area contributed by atoms with Crippen molar-refractivity contribution in [2.24, 2.45) is 17.3 Å². The molecule has 2 aliphatic heterocycles. The fourth-order valence-electron chi connectivity index (χ4n) is 5.18. The first kappa shape index (κ1) is 24.1. The zero-order valence-corrected chi connectivity index (χ0v) is 20.0. The minimum absolute atomic E-state index is 0.00873. The van der Waals surface area contributed by atoms with Gasteiger partial charge < -0.3 is 20.2 Å². The van der Waals surface area contributed by atoms with E-state index >= 15 is 0 Å². The molecule has 2 saturated heterocycles. The molecule has 6 nitrogen and oxygen atoms in total. The number of piperidine rings is 2. The van der Waals surface area contributed by atoms with E-state index in [1.807, 2.05) is 0 Å². The van der Waals surface area contributed by atoms with Crippen molar-refractivity contribution >= 4 is 40.9 Å². The summed E-state index contributed by atoms with van der Waals surface area (Å²) < 4.78 is 0. The number of rotatable bonds is 4. The second-order valence-corrected chi connectivity index (χ2v) is 10.7. The van der Waals surface area contributed by atoms with Crippen LogP contribution in [-0.4, -0.2) is 59.1 Å². The van der Waals surface area contributed by atoms with Gasteiger partial charge in [0.2, 0.25) is 5.91 Å². The smallest absolute Gasteiger partial charge is 0.407 e. The number of hydrogen-bond donors (Lipinski definition) is 2. The fraction of sp³-hybridized carbons (Fsp3) is 0.652. The fourth-order valence-corrected chi connectivity index (χ4v) is 5.48. The van der Waals surface area contributed by atoms with Gasteiger partial charge in [0.25, 0.3) is 0 Å². The Labute approximate surface area is 194 Å². The van der Waals surface area contributed by atoms with Crippen LogP contribution in [-0.2, 0) is 4.79 Å². The molecule has 0 bridgehead atoms. The van der Waals surface area contributed by atoms with E-state index < -0.39 is 6.09 Å². The number of likely N-dealkylation sites (tertiary alicyclic amines) is 2. The van der Waals surface area contributed by atoms with Gasteiger partial charge in [0.15, 0.2) is 0 Å². The molecule has 2 amide bonds. The van der Waals surface area contributed by atoms with E-state index in [4.69, 9.17) is 23.2 Å². The maximum absolute atomic E-state index is 12.7. The minimum atomic E-state index is -0.817. The Balaban J connectivity index is 1.55. The second kappa shape index (κ2) is 9.97. The van der Waals surface area contributed by atoms with Crippen molar-refractivity contribution in [3.8, 4) is 0 Å². The van der Waals surface area contributed by atoms with E-state index in [9.17, 15) is 14.7 Å². The lowest BCUT2D eigenvalue weighted by molar-refractivity contribution is -0.121. The maximum Gasteiger partial charge on any atom is 0.407 e. The van der Waals surface area contributed by atoms with Crippen molar-refractivity contribution in [3.63, 3.8) is 0 Å². The summed E-state index contributed by atoms with van der Waals surface area (Å²) in [6, 6.07) is 5.11. The molecular weight excluding hydrogens is 437 g/mol. The molecule has 1 aromatic rings. The number of nitrogens with one attached hydrogen (secondary N) is 1. The average molecular weight is 470 g/mol. The number of carboxylic acid groups (broad SMARTS) is 1. The molecule has 1 aromatic carbocycles. The van der Waals surface area contributed by atoms with Crippen LogP contribution >= 0.6 is 23.2 Å². The third kappa shape index (κ3) is 6.05. The molecule has 2 heterocycles. The topological polar surface area (TPSA) is 72.9 Å². The molecule has 3 rings (SSSR count). The van der Waals surface area contributed by atoms with E-state index in [1.54, 1.807) is 23.1 Å². The molecule has 1 unspecified atom stereocenters. The predicted octanol–water partition coefficient (Wildman–Crippen LogP) is 5.45. The van der Waals surface area contributed by atoms with Crippen LogP contribution in [0, 0.1) is 17.3 Å². The lowest BCUT2D eigenvalue weighted by atomic mass is 9.73. The molecule has 172 valence electrons. The van der Waals surface area contributed by atoms with Gasteiger partial charge in [-0.1, -0.05) is 44.0 Å². The lowest BCUT2D eigenvalue weighted by Gasteiger charge is -2.48. The van der Waals surface area contributed by atoms with E-state index in [0.29, 0.717) is 28.2 Å². The van der Waals surface area contributed by atoms with Crippen molar-refractivity contribution in [2.75, 3.05) is 31.5 Å². The number of carbonyl (C=O) groups is 2. The van der Waals surface area contributed by atoms with Crippen molar-refractivity contribution < 1.29 is 14.7 Å². The van der Waals surface area contributed by atoms with Gasteiger partial charge >= 0.3 is 6.09 Å². The minimum Gasteiger partial charge on any atom is -0.465 e. The molecule has 2 N–H and O–H groups in total. The van der Waals surface area contributed by atoms with Crippen LogP contribution in [0.3, 0.4) is 0 Å². The van der Waals surface area contributed by atoms with Gasteiger partial charge in [-0.2, -0.15) is 0 Å². The number of amides is 2. The first-order valence-electron chi connectivity index (χ1n) is 11.0. The van der Waals surface area contributed by atoms with Crippen molar-refractivity contribution in [1.29, 1.82) is 0 Å². The first-order chi connectivity index (χ1) is 14.6. The molecule has 0 spiro atoms. The van der Waals surface area contributed by atoms with Crippen LogP contribution in [0.25, 0.3) is 0 Å². The van der Waals surface area contributed by atoms with Gasteiger partial charge in [0.1, 0.15) is 0 Å². The molecule has 31 heavy (non-hydrogen) atoms. The molecule has 0 saturated carbocycles. The van der Waals surface area contributed by atoms with E-state index in [-0.39, 0.29) is 23.3 Å². The van der Waals surface area contributed by atoms with Crippen LogP contribution in [0.2, 0.25) is 10.0 Å². The summed E-state index contributed by atoms with van der Waals surface area (Å²) in [6.45, 7) is 9.58. The predicted molar refractivity (Wildman–Crippen MR) is 125 cm³/mol. The van der Waals surface area contributed by atoms with Gasteiger partial charge in [0, 0.05) is 30.7 Å². The number of anilines is 1. The number of nitrogens with zero attached hydrogens (tertiary/aromatic N) is 2. The number of hydrogen-bond acceptors (Lipinski definition) is 3. The van der Waals surface area contributed by atoms with Crippen molar-refractivity contribution in [2.45, 2.75) is 52.5 Å². The highest BCUT2D eigenvalue weighted by atomic mass is 35.5. The second-order valence-electron chi connectivity index (χ2n) is 9.88. The molecule has 0 aliphatic carbocycles. The molecule has 0 radical (unpaired) electrons. The van der Waals surface area contributed by atoms with E-state index in [2.05, 4.69) is 31.0 Å². The summed E-state index contributed by atoms with van der Waals surface area (Å²) >= 11 is 12.0. The maximum atomic E-state index is 12.7. The van der Waals surface area contributed by atoms with Gasteiger partial charge in [-0.15, -0.1) is 0 Å². The van der Waals surface area contributed by atoms with Gasteiger partial charge in [-0.05, 0) is 68.3 Å². The highest BCUT2D eigenvalue weighted by Crippen LogP contribution is 2.37. The van der Waals surface area contributed by atoms with Crippen LogP contribution < -0.4 is 5.32 Å². The Hall–Kier alpha value is -1.50. The summed E-state index contributed by atoms with van der Waals surface area (Å²) in [4.78, 5) is 28.5. The van der Waals surface area contributed by atoms with Gasteiger partial charge in [-0.25, -0.2) is 4.79 Å². The Morgan fingerprint density at radius 2 is 1.77 bits per heavy atom. The SMILES string of the molecule is CC(C)(C)C1[C@H](CN2CCC(C(=O)Nc3ccc(Cl)c(Cl)c3)CC2)CCCN1C(=O)O. The summed E-state index contributed by atoms with van der Waals surface area (Å²) in [5.41, 5.74) is 0.549. The van der Waals surface area contributed by atoms with Crippen molar-refractivity contribution in [3.05, 3.63) is 28.2 Å². The highest BCUT2D eigenvalue weighted by Gasteiger charge is 2.42. The Kier molecular flexibility index (Phi) is 7.76. The van der Waals surface area contributed by atoms with Crippen LogP contribution in [0.15, 0.2) is 18.2 Å². The molecule has 8 heteroatoms. The van der Waals surface area contributed by atoms with Crippen LogP contribution in [0.1, 0.15) is 46.5 Å². The third-order valence-electron chi connectivity index (χ3n) is 6.53. The summed E-state index contributed by atoms with van der Waals surface area (Å²) in [5.74, 6) is 0.290. The zero-order chi connectivity index (χ0) is 22.8. The number of carbonyl (C=O) groups excluding carboxylic acids is 1. The molecule has 0 aromatic heterocycles. The Bertz CT molecular complexity index is 804. The number of benzene rings is 1. The highest BCUT2D eigenvalue weighted by molar-refractivity contribution is 6.42. The zero-order valence-electron chi connectivity index (χ0n) is 18.5. The standard InChI is InChI=1S/C23H33Cl2N3O3/c1-23(2,3)20-16(5-4-10-28(20)22(30)31)14-27-11-8-15(9-12-27)21(29)26-17-6-7-18(24)19(25)13-17/h6-7,13,15-16,20H,4-5,8-12,14H2,1-3H3,(H,26,29)(H,30,31)/t16-,20?/m0/s1. The summed E-state index contributed by atoms with van der Waals surface area (Å²) in [6.07, 6.45) is 2.73. The summed E-state index contributed by atoms with van der Waals surface area (Å²) in [5, 5.41) is 13.5. The average Bonchev–Trinajstić information content (AvgIpc) is 2.70. The van der Waals surface area contributed by atoms with Crippen LogP contribution in [0.4, 0.5) is 10.5 Å². The molecule has 2 aliphatic rings. The van der Waals surface area contributed by atoms with Crippen molar-refractivity contribution in [1.82, 2.24) is 9.80 Å². The number of halogens is 2. The lowest BCUT2D eigenvalue weighted by Crippen LogP contribution is -2.57. The Morgan fingerprint density at radius 1 is 1.10 bits per heavy atom. The van der Waals surface area contributed by atoms with E-state index in [0.717, 1.165) is 45.3 Å².